The number of carbonyl (C=O) groups is 1. The van der Waals surface area contributed by atoms with Crippen molar-refractivity contribution >= 4 is 44.2 Å². The highest BCUT2D eigenvalue weighted by Gasteiger charge is 2.28. The normalized spacial score (nSPS) is 17.2. The minimum Gasteiger partial charge on any atom is -0.459 e. The van der Waals surface area contributed by atoms with Gasteiger partial charge in [-0.25, -0.2) is 9.97 Å². The van der Waals surface area contributed by atoms with Crippen molar-refractivity contribution in [2.24, 2.45) is 0 Å². The first-order valence-electron chi connectivity index (χ1n) is 10.6. The Balaban J connectivity index is 1.20. The number of aromatic nitrogens is 2. The molecule has 4 aromatic rings. The predicted molar refractivity (Wildman–Crippen MR) is 123 cm³/mol. The molecule has 1 N–H and O–H groups in total. The zero-order valence-electron chi connectivity index (χ0n) is 17.6. The monoisotopic (exact) mass is 435 g/mol. The minimum atomic E-state index is -0.208. The van der Waals surface area contributed by atoms with E-state index in [1.54, 1.807) is 17.7 Å². The van der Waals surface area contributed by atoms with Crippen LogP contribution in [0.2, 0.25) is 0 Å². The van der Waals surface area contributed by atoms with Gasteiger partial charge in [-0.1, -0.05) is 18.2 Å². The summed E-state index contributed by atoms with van der Waals surface area (Å²) < 4.78 is 5.90. The van der Waals surface area contributed by atoms with Gasteiger partial charge >= 0.3 is 0 Å². The topological polar surface area (TPSA) is 74.5 Å². The zero-order valence-corrected chi connectivity index (χ0v) is 18.4. The van der Waals surface area contributed by atoms with Gasteiger partial charge < -0.3 is 14.6 Å². The highest BCUT2D eigenvalue weighted by molar-refractivity contribution is 7.16. The molecule has 2 atom stereocenters. The molecule has 7 nitrogen and oxygen atoms in total. The summed E-state index contributed by atoms with van der Waals surface area (Å²) in [7, 11) is 0. The smallest absolute Gasteiger partial charge is 0.237 e. The van der Waals surface area contributed by atoms with Gasteiger partial charge in [0.1, 0.15) is 28.3 Å². The van der Waals surface area contributed by atoms with E-state index in [2.05, 4.69) is 36.5 Å². The second-order valence-corrected chi connectivity index (χ2v) is 8.85. The van der Waals surface area contributed by atoms with Crippen molar-refractivity contribution in [2.75, 3.05) is 31.1 Å². The third kappa shape index (κ3) is 3.88. The molecular weight excluding hydrogens is 410 g/mol. The molecule has 2 unspecified atom stereocenters. The van der Waals surface area contributed by atoms with Crippen molar-refractivity contribution in [1.82, 2.24) is 20.2 Å². The van der Waals surface area contributed by atoms with Gasteiger partial charge in [-0.2, -0.15) is 0 Å². The maximum Gasteiger partial charge on any atom is 0.237 e. The largest absolute Gasteiger partial charge is 0.459 e. The number of benzene rings is 1. The number of hydrogen-bond donors (Lipinski definition) is 1. The van der Waals surface area contributed by atoms with Crippen LogP contribution in [0.5, 0.6) is 0 Å². The maximum absolute atomic E-state index is 12.9. The van der Waals surface area contributed by atoms with Crippen molar-refractivity contribution in [3.63, 3.8) is 0 Å². The summed E-state index contributed by atoms with van der Waals surface area (Å²) in [6, 6.07) is 11.6. The fourth-order valence-corrected chi connectivity index (χ4v) is 4.86. The Bertz CT molecular complexity index is 1180. The molecule has 31 heavy (non-hydrogen) atoms. The van der Waals surface area contributed by atoms with Gasteiger partial charge in [0.15, 0.2) is 0 Å². The number of nitrogens with zero attached hydrogens (tertiary/aromatic N) is 4. The number of carbonyl (C=O) groups excluding carboxylic acids is 1. The molecule has 1 amide bonds. The average molecular weight is 436 g/mol. The number of furan rings is 1. The van der Waals surface area contributed by atoms with Crippen LogP contribution in [-0.2, 0) is 4.79 Å². The quantitative estimate of drug-likeness (QED) is 0.514. The van der Waals surface area contributed by atoms with Crippen molar-refractivity contribution in [3.05, 3.63) is 53.9 Å². The van der Waals surface area contributed by atoms with Crippen molar-refractivity contribution in [2.45, 2.75) is 25.9 Å². The van der Waals surface area contributed by atoms with Gasteiger partial charge in [0.05, 0.1) is 17.5 Å². The number of hydrogen-bond acceptors (Lipinski definition) is 7. The van der Waals surface area contributed by atoms with Crippen LogP contribution in [0.1, 0.15) is 25.6 Å². The van der Waals surface area contributed by atoms with E-state index in [-0.39, 0.29) is 18.0 Å². The Morgan fingerprint density at radius 3 is 2.74 bits per heavy atom. The first-order chi connectivity index (χ1) is 15.1. The van der Waals surface area contributed by atoms with E-state index in [1.165, 1.54) is 0 Å². The van der Waals surface area contributed by atoms with Crippen LogP contribution < -0.4 is 10.2 Å². The SMILES string of the molecule is CC(NC(=O)C(C)N1CCN(c2ncnc3sccc23)CC1)c1cc2ccccc2o1. The molecule has 8 heteroatoms. The summed E-state index contributed by atoms with van der Waals surface area (Å²) in [6.07, 6.45) is 1.63. The highest BCUT2D eigenvalue weighted by atomic mass is 32.1. The second kappa shape index (κ2) is 8.28. The Morgan fingerprint density at radius 2 is 1.94 bits per heavy atom. The predicted octanol–water partition coefficient (Wildman–Crippen LogP) is 3.83. The molecule has 0 spiro atoms. The molecule has 1 aromatic carbocycles. The van der Waals surface area contributed by atoms with Crippen LogP contribution in [0.25, 0.3) is 21.2 Å². The van der Waals surface area contributed by atoms with E-state index in [0.29, 0.717) is 0 Å². The van der Waals surface area contributed by atoms with Crippen molar-refractivity contribution < 1.29 is 9.21 Å². The average Bonchev–Trinajstić information content (AvgIpc) is 3.45. The molecule has 3 aromatic heterocycles. The summed E-state index contributed by atoms with van der Waals surface area (Å²) >= 11 is 1.63. The summed E-state index contributed by atoms with van der Waals surface area (Å²) in [5, 5.41) is 7.31. The number of anilines is 1. The summed E-state index contributed by atoms with van der Waals surface area (Å²) in [5.41, 5.74) is 0.840. The van der Waals surface area contributed by atoms with E-state index in [9.17, 15) is 4.79 Å². The van der Waals surface area contributed by atoms with Crippen LogP contribution in [0.15, 0.2) is 52.5 Å². The maximum atomic E-state index is 12.9. The van der Waals surface area contributed by atoms with E-state index < -0.39 is 0 Å². The first kappa shape index (κ1) is 20.0. The molecule has 1 aliphatic heterocycles. The van der Waals surface area contributed by atoms with Crippen LogP contribution >= 0.6 is 11.3 Å². The van der Waals surface area contributed by atoms with Gasteiger partial charge in [0, 0.05) is 31.6 Å². The molecule has 1 fully saturated rings. The lowest BCUT2D eigenvalue weighted by Gasteiger charge is -2.38. The number of piperazine rings is 1. The Kier molecular flexibility index (Phi) is 5.33. The Hall–Kier alpha value is -2.97. The van der Waals surface area contributed by atoms with Crippen molar-refractivity contribution in [3.8, 4) is 0 Å². The molecule has 0 saturated carbocycles. The molecule has 0 bridgehead atoms. The summed E-state index contributed by atoms with van der Waals surface area (Å²) in [5.74, 6) is 1.78. The van der Waals surface area contributed by atoms with Gasteiger partial charge in [-0.15, -0.1) is 11.3 Å². The van der Waals surface area contributed by atoms with Crippen LogP contribution in [0, 0.1) is 0 Å². The molecule has 4 heterocycles. The molecule has 1 saturated heterocycles. The minimum absolute atomic E-state index is 0.0173. The Labute approximate surface area is 184 Å². The number of thiophene rings is 1. The van der Waals surface area contributed by atoms with Crippen LogP contribution in [0.3, 0.4) is 0 Å². The van der Waals surface area contributed by atoms with E-state index in [0.717, 1.165) is 58.9 Å². The zero-order chi connectivity index (χ0) is 21.4. The van der Waals surface area contributed by atoms with Gasteiger partial charge in [0.25, 0.3) is 0 Å². The standard InChI is InChI=1S/C23H25N5O2S/c1-15(20-13-17-5-3-4-6-19(17)30-20)26-22(29)16(2)27-8-10-28(11-9-27)21-18-7-12-31-23(18)25-14-24-21/h3-7,12-16H,8-11H2,1-2H3,(H,26,29). The number of fused-ring (bicyclic) bond motifs is 2. The van der Waals surface area contributed by atoms with Gasteiger partial charge in [0.2, 0.25) is 5.91 Å². The third-order valence-corrected chi connectivity index (χ3v) is 6.83. The molecule has 1 aliphatic rings. The molecule has 0 aliphatic carbocycles. The fraction of sp³-hybridized carbons (Fsp3) is 0.348. The fourth-order valence-electron chi connectivity index (χ4n) is 4.14. The summed E-state index contributed by atoms with van der Waals surface area (Å²) in [4.78, 5) is 27.3. The van der Waals surface area contributed by atoms with Gasteiger partial charge in [-0.3, -0.25) is 9.69 Å². The molecule has 0 radical (unpaired) electrons. The molecule has 5 rings (SSSR count). The number of para-hydroxylation sites is 1. The number of rotatable bonds is 5. The van der Waals surface area contributed by atoms with Crippen LogP contribution in [0.4, 0.5) is 5.82 Å². The van der Waals surface area contributed by atoms with E-state index in [4.69, 9.17) is 4.42 Å². The first-order valence-corrected chi connectivity index (χ1v) is 11.4. The molecule has 160 valence electrons. The Morgan fingerprint density at radius 1 is 1.13 bits per heavy atom. The number of nitrogens with one attached hydrogen (secondary N) is 1. The molecular formula is C23H25N5O2S. The van der Waals surface area contributed by atoms with Crippen molar-refractivity contribution in [1.29, 1.82) is 0 Å². The highest BCUT2D eigenvalue weighted by Crippen LogP contribution is 2.28. The third-order valence-electron chi connectivity index (χ3n) is 6.01. The lowest BCUT2D eigenvalue weighted by Crippen LogP contribution is -2.54. The van der Waals surface area contributed by atoms with E-state index >= 15 is 0 Å². The lowest BCUT2D eigenvalue weighted by atomic mass is 10.1. The lowest BCUT2D eigenvalue weighted by molar-refractivity contribution is -0.126. The van der Waals surface area contributed by atoms with Gasteiger partial charge in [-0.05, 0) is 37.4 Å². The van der Waals surface area contributed by atoms with Crippen LogP contribution in [-0.4, -0.2) is 53.0 Å². The second-order valence-electron chi connectivity index (χ2n) is 7.95. The number of amides is 1. The summed E-state index contributed by atoms with van der Waals surface area (Å²) in [6.45, 7) is 7.21. The van der Waals surface area contributed by atoms with E-state index in [1.807, 2.05) is 44.2 Å².